The molecule has 18 unspecified atom stereocenters. The highest BCUT2D eigenvalue weighted by Crippen LogP contribution is 2.55. The van der Waals surface area contributed by atoms with Gasteiger partial charge in [0.1, 0.15) is 33.6 Å². The van der Waals surface area contributed by atoms with Gasteiger partial charge in [-0.3, -0.25) is 28.8 Å². The Bertz CT molecular complexity index is 2780. The van der Waals surface area contributed by atoms with Gasteiger partial charge < -0.3 is 47.4 Å². The fraction of sp³-hybridized carbons (Fsp3) is 0.936. The summed E-state index contributed by atoms with van der Waals surface area (Å²) in [6.45, 7) is 32.4. The van der Waals surface area contributed by atoms with E-state index in [-0.39, 0.29) is 105 Å². The van der Waals surface area contributed by atoms with E-state index in [1.165, 1.54) is 141 Å². The van der Waals surface area contributed by atoms with Crippen LogP contribution >= 0.6 is 0 Å². The molecule has 0 radical (unpaired) electrons. The first-order valence-corrected chi connectivity index (χ1v) is 46.6. The van der Waals surface area contributed by atoms with Crippen molar-refractivity contribution in [3.05, 3.63) is 0 Å². The minimum absolute atomic E-state index is 0.00279. The van der Waals surface area contributed by atoms with E-state index in [9.17, 15) is 28.8 Å². The monoisotopic (exact) mass is 1550 g/mol. The Labute approximate surface area is 668 Å². The minimum Gasteiger partial charge on any atom is -0.459 e. The summed E-state index contributed by atoms with van der Waals surface area (Å²) in [6.07, 6.45) is 55.1. The van der Waals surface area contributed by atoms with Crippen molar-refractivity contribution in [2.45, 2.75) is 489 Å². The lowest BCUT2D eigenvalue weighted by Crippen LogP contribution is -2.48. The zero-order valence-electron chi connectivity index (χ0n) is 72.6. The summed E-state index contributed by atoms with van der Waals surface area (Å²) in [6, 6.07) is 0. The lowest BCUT2D eigenvalue weighted by molar-refractivity contribution is -0.179. The SMILES string of the molecule is CCC(C)C(=O)OC(C)(C)C1CC2CCC1O2.CCC(C)C(=O)OC(CC)(CC)C1CC2CCC1O2.CCC(C)C(=O)OC1(C2CC3CCC2O3)CCCC1.CCC(C)C(=O)OC1(C2CC3CCC2O3)CCCCC1.CCC(C)C(=O)OC1(C2CCCC2)CCCC1.CCC(C)C(=O)OC1(C2CCCCC2)CCCC1. The zero-order chi connectivity index (χ0) is 79.6. The molecule has 0 aromatic heterocycles. The fourth-order valence-electron chi connectivity index (χ4n) is 22.3. The van der Waals surface area contributed by atoms with Gasteiger partial charge in [0, 0.05) is 23.7 Å². The second kappa shape index (κ2) is 41.7. The van der Waals surface area contributed by atoms with Gasteiger partial charge in [-0.15, -0.1) is 0 Å². The second-order valence-electron chi connectivity index (χ2n) is 38.4. The van der Waals surface area contributed by atoms with Crippen molar-refractivity contribution in [3.63, 3.8) is 0 Å². The van der Waals surface area contributed by atoms with Crippen molar-refractivity contribution in [1.29, 1.82) is 0 Å². The second-order valence-corrected chi connectivity index (χ2v) is 38.4. The third kappa shape index (κ3) is 22.3. The van der Waals surface area contributed by atoms with E-state index in [4.69, 9.17) is 47.4 Å². The summed E-state index contributed by atoms with van der Waals surface area (Å²) in [5.41, 5.74) is -1.25. The summed E-state index contributed by atoms with van der Waals surface area (Å²) in [7, 11) is 0. The van der Waals surface area contributed by atoms with E-state index in [0.29, 0.717) is 84.3 Å². The molecule has 8 saturated heterocycles. The highest BCUT2D eigenvalue weighted by atomic mass is 16.6. The predicted octanol–water partition coefficient (Wildman–Crippen LogP) is 22.5. The molecule has 18 atom stereocenters. The van der Waals surface area contributed by atoms with Gasteiger partial charge >= 0.3 is 35.8 Å². The van der Waals surface area contributed by atoms with E-state index < -0.39 is 0 Å². The third-order valence-corrected chi connectivity index (χ3v) is 31.0. The summed E-state index contributed by atoms with van der Waals surface area (Å²) in [5, 5.41) is 0. The van der Waals surface area contributed by atoms with Crippen LogP contribution in [-0.2, 0) is 76.1 Å². The Morgan fingerprint density at radius 2 is 0.573 bits per heavy atom. The van der Waals surface area contributed by atoms with Crippen LogP contribution in [0.1, 0.15) is 406 Å². The van der Waals surface area contributed by atoms with E-state index in [0.717, 1.165) is 154 Å². The Kier molecular flexibility index (Phi) is 34.3. The van der Waals surface area contributed by atoms with Crippen LogP contribution in [0.4, 0.5) is 0 Å². The molecule has 14 rings (SSSR count). The van der Waals surface area contributed by atoms with Crippen LogP contribution in [-0.4, -0.2) is 118 Å². The Morgan fingerprint density at radius 3 is 0.864 bits per heavy atom. The molecule has 0 amide bonds. The van der Waals surface area contributed by atoms with Crippen molar-refractivity contribution in [1.82, 2.24) is 0 Å². The number of carbonyl (C=O) groups is 6. The number of carbonyl (C=O) groups excluding carboxylic acids is 6. The molecule has 14 fully saturated rings. The number of fused-ring (bicyclic) bond motifs is 8. The Balaban J connectivity index is 0.000000152. The van der Waals surface area contributed by atoms with Crippen molar-refractivity contribution >= 4 is 35.8 Å². The maximum atomic E-state index is 12.3. The summed E-state index contributed by atoms with van der Waals surface area (Å²) >= 11 is 0. The highest BCUT2D eigenvalue weighted by molar-refractivity contribution is 5.75. The number of ether oxygens (including phenoxy) is 10. The van der Waals surface area contributed by atoms with Crippen molar-refractivity contribution < 1.29 is 76.1 Å². The first-order chi connectivity index (χ1) is 52.6. The zero-order valence-corrected chi connectivity index (χ0v) is 72.6. The van der Waals surface area contributed by atoms with Crippen LogP contribution < -0.4 is 0 Å². The smallest absolute Gasteiger partial charge is 0.309 e. The van der Waals surface area contributed by atoms with Crippen molar-refractivity contribution in [2.75, 3.05) is 0 Å². The molecule has 0 aromatic rings. The van der Waals surface area contributed by atoms with Crippen molar-refractivity contribution in [2.24, 2.45) is 71.0 Å². The van der Waals surface area contributed by atoms with Crippen molar-refractivity contribution in [3.8, 4) is 0 Å². The van der Waals surface area contributed by atoms with Crippen LogP contribution in [0.5, 0.6) is 0 Å². The normalized spacial score (nSPS) is 32.1. The number of rotatable bonds is 26. The molecule has 0 aromatic carbocycles. The fourth-order valence-corrected chi connectivity index (χ4v) is 22.3. The third-order valence-electron chi connectivity index (χ3n) is 31.0. The van der Waals surface area contributed by atoms with Gasteiger partial charge in [-0.05, 0) is 283 Å². The van der Waals surface area contributed by atoms with Crippen LogP contribution in [0.15, 0.2) is 0 Å². The van der Waals surface area contributed by atoms with Crippen LogP contribution in [0.2, 0.25) is 0 Å². The van der Waals surface area contributed by atoms with Crippen LogP contribution in [0.3, 0.4) is 0 Å². The molecule has 16 heteroatoms. The lowest BCUT2D eigenvalue weighted by Gasteiger charge is -2.44. The maximum Gasteiger partial charge on any atom is 0.309 e. The topological polar surface area (TPSA) is 195 Å². The number of hydrogen-bond acceptors (Lipinski definition) is 16. The Morgan fingerprint density at radius 1 is 0.309 bits per heavy atom. The van der Waals surface area contributed by atoms with Gasteiger partial charge in [0.25, 0.3) is 0 Å². The maximum absolute atomic E-state index is 12.3. The summed E-state index contributed by atoms with van der Waals surface area (Å²) in [4.78, 5) is 72.9. The first-order valence-electron chi connectivity index (χ1n) is 46.6. The molecule has 8 heterocycles. The summed E-state index contributed by atoms with van der Waals surface area (Å²) < 4.78 is 59.8. The van der Waals surface area contributed by atoms with E-state index in [2.05, 4.69) is 34.6 Å². The molecule has 16 nitrogen and oxygen atoms in total. The summed E-state index contributed by atoms with van der Waals surface area (Å²) in [5.74, 6) is 3.14. The quantitative estimate of drug-likeness (QED) is 0.0585. The molecule has 632 valence electrons. The highest BCUT2D eigenvalue weighted by Gasteiger charge is 2.58. The van der Waals surface area contributed by atoms with E-state index in [1.54, 1.807) is 0 Å². The van der Waals surface area contributed by atoms with Gasteiger partial charge in [0.05, 0.1) is 84.3 Å². The van der Waals surface area contributed by atoms with Gasteiger partial charge in [-0.25, -0.2) is 0 Å². The molecule has 6 saturated carbocycles. The van der Waals surface area contributed by atoms with E-state index in [1.807, 2.05) is 76.2 Å². The van der Waals surface area contributed by atoms with Gasteiger partial charge in [0.15, 0.2) is 0 Å². The number of hydrogen-bond donors (Lipinski definition) is 0. The van der Waals surface area contributed by atoms with Gasteiger partial charge in [0.2, 0.25) is 0 Å². The molecule has 14 aliphatic rings. The number of esters is 6. The standard InChI is InChI=1S/C17H28O3.C16H26O3.C16H28O3.C16H28O2.C15H26O2.C14H24O3/c1-3-12(2)16(18)20-17(9-5-4-6-10-17)14-11-13-7-8-15(14)19-13;1-3-11(2)15(17)19-16(8-4-5-9-16)13-10-12-6-7-14(13)18-12;1-5-11(4)15(17)19-16(6-2,7-3)13-10-12-8-9-14(13)18-12;1-3-13(2)15(17)18-16(11-7-8-12-16)14-9-5-4-6-10-14;1-3-12(2)14(16)17-15(10-6-7-11-15)13-8-4-5-9-13;1-5-9(2)13(15)17-14(3,4)11-8-10-6-7-12(11)16-10/h12-15H,3-11H2,1-2H3;11-14H,3-10H2,1-2H3;11-14H,5-10H2,1-4H3;13-14H,3-12H2,1-2H3;12-13H,3-11H2,1-2H3;9-12H,5-8H2,1-4H3. The molecule has 0 spiro atoms. The average molecular weight is 1550 g/mol. The molecule has 0 N–H and O–H groups in total. The minimum atomic E-state index is -0.389. The van der Waals surface area contributed by atoms with Crippen LogP contribution in [0.25, 0.3) is 0 Å². The van der Waals surface area contributed by atoms with Gasteiger partial charge in [-0.2, -0.15) is 0 Å². The van der Waals surface area contributed by atoms with E-state index >= 15 is 0 Å². The molecule has 6 aliphatic carbocycles. The molecular formula is C94H160O16. The largest absolute Gasteiger partial charge is 0.459 e. The molecule has 110 heavy (non-hydrogen) atoms. The van der Waals surface area contributed by atoms with Gasteiger partial charge in [-0.1, -0.05) is 135 Å². The average Bonchev–Trinajstić information content (AvgIpc) is 1.60. The molecular weight excluding hydrogens is 1390 g/mol. The predicted molar refractivity (Wildman–Crippen MR) is 433 cm³/mol. The first kappa shape index (κ1) is 90.6. The Hall–Kier alpha value is -3.34. The van der Waals surface area contributed by atoms with Crippen LogP contribution in [0, 0.1) is 71.0 Å². The molecule has 8 bridgehead atoms. The lowest BCUT2D eigenvalue weighted by atomic mass is 9.69. The molecule has 8 aliphatic heterocycles.